The summed E-state index contributed by atoms with van der Waals surface area (Å²) in [7, 11) is 0. The monoisotopic (exact) mass is 367 g/mol. The van der Waals surface area contributed by atoms with Crippen molar-refractivity contribution in [1.82, 2.24) is 20.3 Å². The molecule has 3 rings (SSSR count). The maximum atomic E-state index is 12.2. The number of aromatic nitrogens is 3. The van der Waals surface area contributed by atoms with E-state index >= 15 is 0 Å². The van der Waals surface area contributed by atoms with Crippen molar-refractivity contribution in [3.63, 3.8) is 0 Å². The zero-order valence-corrected chi connectivity index (χ0v) is 14.5. The smallest absolute Gasteiger partial charge is 0.302 e. The van der Waals surface area contributed by atoms with Crippen LogP contribution in [0.15, 0.2) is 53.5 Å². The highest BCUT2D eigenvalue weighted by molar-refractivity contribution is 6.03. The molecule has 9 nitrogen and oxygen atoms in total. The molecule has 0 atom stereocenters. The number of nitrogens with one attached hydrogen (secondary N) is 2. The van der Waals surface area contributed by atoms with Crippen LogP contribution in [0.3, 0.4) is 0 Å². The number of oxazole rings is 1. The van der Waals surface area contributed by atoms with Gasteiger partial charge in [-0.05, 0) is 25.1 Å². The molecular formula is C18H17N5O4. The predicted octanol–water partition coefficient (Wildman–Crippen LogP) is 2.05. The topological polar surface area (TPSA) is 119 Å². The maximum absolute atomic E-state index is 12.2. The van der Waals surface area contributed by atoms with Gasteiger partial charge in [0.2, 0.25) is 5.88 Å². The summed E-state index contributed by atoms with van der Waals surface area (Å²) in [5.41, 5.74) is 1.18. The molecule has 0 unspecified atom stereocenters. The van der Waals surface area contributed by atoms with Crippen molar-refractivity contribution >= 4 is 17.8 Å². The molecule has 0 saturated carbocycles. The van der Waals surface area contributed by atoms with Gasteiger partial charge in [0.1, 0.15) is 6.26 Å². The molecule has 0 fully saturated rings. The second-order valence-electron chi connectivity index (χ2n) is 5.31. The van der Waals surface area contributed by atoms with Gasteiger partial charge in [-0.1, -0.05) is 6.07 Å². The van der Waals surface area contributed by atoms with E-state index in [2.05, 4.69) is 25.6 Å². The number of ether oxygens (including phenoxy) is 1. The normalized spacial score (nSPS) is 10.3. The number of hydrogen-bond acceptors (Lipinski definition) is 7. The van der Waals surface area contributed by atoms with Crippen molar-refractivity contribution in [2.75, 3.05) is 11.9 Å². The van der Waals surface area contributed by atoms with Crippen LogP contribution in [0.1, 0.15) is 33.3 Å². The van der Waals surface area contributed by atoms with Crippen molar-refractivity contribution in [2.24, 2.45) is 0 Å². The number of carbonyl (C=O) groups is 2. The van der Waals surface area contributed by atoms with Gasteiger partial charge in [-0.25, -0.2) is 4.98 Å². The maximum Gasteiger partial charge on any atom is 0.302 e. The number of rotatable bonds is 7. The second kappa shape index (κ2) is 8.56. The molecule has 0 radical (unpaired) electrons. The molecule has 2 amide bonds. The van der Waals surface area contributed by atoms with E-state index in [9.17, 15) is 9.59 Å². The van der Waals surface area contributed by atoms with Crippen LogP contribution in [-0.2, 0) is 6.54 Å². The third kappa shape index (κ3) is 4.66. The third-order valence-electron chi connectivity index (χ3n) is 3.47. The van der Waals surface area contributed by atoms with E-state index in [0.717, 1.165) is 5.56 Å². The number of carbonyl (C=O) groups excluding carboxylic acids is 2. The highest BCUT2D eigenvalue weighted by Crippen LogP contribution is 2.14. The van der Waals surface area contributed by atoms with Crippen LogP contribution < -0.4 is 15.4 Å². The summed E-state index contributed by atoms with van der Waals surface area (Å²) in [5.74, 6) is -0.400. The summed E-state index contributed by atoms with van der Waals surface area (Å²) in [6.07, 6.45) is 5.78. The Hall–Kier alpha value is -3.75. The van der Waals surface area contributed by atoms with Crippen LogP contribution in [0.5, 0.6) is 5.88 Å². The summed E-state index contributed by atoms with van der Waals surface area (Å²) < 4.78 is 10.6. The standard InChI is InChI=1S/C18H17N5O4/c1-2-26-17-13(4-3-7-20-17)10-21-16(25)14-11-27-18(22-14)23-15(24)12-5-8-19-9-6-12/h3-9,11H,2,10H2,1H3,(H,21,25)(H,22,23,24). The van der Waals surface area contributed by atoms with Crippen LogP contribution in [0.2, 0.25) is 0 Å². The molecule has 27 heavy (non-hydrogen) atoms. The molecule has 0 spiro atoms. The largest absolute Gasteiger partial charge is 0.478 e. The van der Waals surface area contributed by atoms with Gasteiger partial charge in [-0.15, -0.1) is 0 Å². The van der Waals surface area contributed by atoms with Crippen LogP contribution >= 0.6 is 0 Å². The van der Waals surface area contributed by atoms with Crippen molar-refractivity contribution in [3.8, 4) is 5.88 Å². The van der Waals surface area contributed by atoms with Gasteiger partial charge in [0.05, 0.1) is 6.61 Å². The Morgan fingerprint density at radius 2 is 1.96 bits per heavy atom. The Morgan fingerprint density at radius 1 is 1.15 bits per heavy atom. The highest BCUT2D eigenvalue weighted by atomic mass is 16.5. The van der Waals surface area contributed by atoms with E-state index in [1.807, 2.05) is 6.92 Å². The van der Waals surface area contributed by atoms with Crippen molar-refractivity contribution in [3.05, 3.63) is 65.9 Å². The van der Waals surface area contributed by atoms with Gasteiger partial charge in [0, 0.05) is 36.3 Å². The fourth-order valence-electron chi connectivity index (χ4n) is 2.20. The molecular weight excluding hydrogens is 350 g/mol. The molecule has 0 aliphatic heterocycles. The van der Waals surface area contributed by atoms with Crippen molar-refractivity contribution in [1.29, 1.82) is 0 Å². The quantitative estimate of drug-likeness (QED) is 0.656. The fraction of sp³-hybridized carbons (Fsp3) is 0.167. The molecule has 0 saturated heterocycles. The molecule has 138 valence electrons. The first kappa shape index (κ1) is 18.1. The molecule has 3 heterocycles. The molecule has 9 heteroatoms. The summed E-state index contributed by atoms with van der Waals surface area (Å²) in [5, 5.41) is 5.19. The summed E-state index contributed by atoms with van der Waals surface area (Å²) in [4.78, 5) is 36.2. The van der Waals surface area contributed by atoms with E-state index in [1.165, 1.54) is 18.7 Å². The van der Waals surface area contributed by atoms with Gasteiger partial charge in [-0.2, -0.15) is 4.98 Å². The van der Waals surface area contributed by atoms with Crippen molar-refractivity contribution < 1.29 is 18.7 Å². The molecule has 0 bridgehead atoms. The average molecular weight is 367 g/mol. The number of pyridine rings is 2. The minimum atomic E-state index is -0.450. The van der Waals surface area contributed by atoms with Gasteiger partial charge in [0.15, 0.2) is 5.69 Å². The van der Waals surface area contributed by atoms with Gasteiger partial charge < -0.3 is 14.5 Å². The Morgan fingerprint density at radius 3 is 2.74 bits per heavy atom. The Balaban J connectivity index is 1.60. The van der Waals surface area contributed by atoms with Crippen LogP contribution in [0, 0.1) is 0 Å². The minimum Gasteiger partial charge on any atom is -0.478 e. The van der Waals surface area contributed by atoms with E-state index < -0.39 is 11.8 Å². The van der Waals surface area contributed by atoms with Gasteiger partial charge in [0.25, 0.3) is 11.8 Å². The number of amides is 2. The molecule has 0 aliphatic carbocycles. The van der Waals surface area contributed by atoms with E-state index in [4.69, 9.17) is 9.15 Å². The van der Waals surface area contributed by atoms with E-state index in [1.54, 1.807) is 30.5 Å². The zero-order valence-electron chi connectivity index (χ0n) is 14.5. The summed E-state index contributed by atoms with van der Waals surface area (Å²) >= 11 is 0. The Bertz CT molecular complexity index is 926. The Kier molecular flexibility index (Phi) is 5.73. The van der Waals surface area contributed by atoms with Crippen LogP contribution in [0.25, 0.3) is 0 Å². The lowest BCUT2D eigenvalue weighted by atomic mass is 10.2. The summed E-state index contributed by atoms with van der Waals surface area (Å²) in [6, 6.07) is 6.60. The van der Waals surface area contributed by atoms with Gasteiger partial charge in [-0.3, -0.25) is 19.9 Å². The van der Waals surface area contributed by atoms with Gasteiger partial charge >= 0.3 is 6.01 Å². The van der Waals surface area contributed by atoms with Crippen molar-refractivity contribution in [2.45, 2.75) is 13.5 Å². The first-order valence-electron chi connectivity index (χ1n) is 8.19. The number of nitrogens with zero attached hydrogens (tertiary/aromatic N) is 3. The predicted molar refractivity (Wildman–Crippen MR) is 95.3 cm³/mol. The first-order valence-corrected chi connectivity index (χ1v) is 8.19. The average Bonchev–Trinajstić information content (AvgIpc) is 3.16. The SMILES string of the molecule is CCOc1ncccc1CNC(=O)c1coc(NC(=O)c2ccncc2)n1. The second-order valence-corrected chi connectivity index (χ2v) is 5.31. The van der Waals surface area contributed by atoms with Crippen LogP contribution in [-0.4, -0.2) is 33.4 Å². The fourth-order valence-corrected chi connectivity index (χ4v) is 2.20. The number of anilines is 1. The summed E-state index contributed by atoms with van der Waals surface area (Å²) in [6.45, 7) is 2.55. The number of hydrogen-bond donors (Lipinski definition) is 2. The molecule has 0 aliphatic rings. The Labute approximate surface area is 154 Å². The lowest BCUT2D eigenvalue weighted by Gasteiger charge is -2.08. The first-order chi connectivity index (χ1) is 13.2. The van der Waals surface area contributed by atoms with E-state index in [-0.39, 0.29) is 18.3 Å². The lowest BCUT2D eigenvalue weighted by molar-refractivity contribution is 0.0944. The minimum absolute atomic E-state index is 0.0434. The van der Waals surface area contributed by atoms with E-state index in [0.29, 0.717) is 18.1 Å². The lowest BCUT2D eigenvalue weighted by Crippen LogP contribution is -2.23. The molecule has 3 aromatic heterocycles. The molecule has 2 N–H and O–H groups in total. The molecule has 0 aromatic carbocycles. The van der Waals surface area contributed by atoms with Crippen LogP contribution in [0.4, 0.5) is 6.01 Å². The zero-order chi connectivity index (χ0) is 19.1. The molecule has 3 aromatic rings. The highest BCUT2D eigenvalue weighted by Gasteiger charge is 2.15. The third-order valence-corrected chi connectivity index (χ3v) is 3.47.